The molecule has 1 aromatic carbocycles. The van der Waals surface area contributed by atoms with Gasteiger partial charge in [-0.1, -0.05) is 31.5 Å². The van der Waals surface area contributed by atoms with E-state index in [4.69, 9.17) is 9.47 Å². The summed E-state index contributed by atoms with van der Waals surface area (Å²) < 4.78 is 9.72. The Labute approximate surface area is 112 Å². The number of ether oxygens (including phenoxy) is 2. The fraction of sp³-hybridized carbons (Fsp3) is 0.364. The molecule has 1 aromatic rings. The van der Waals surface area contributed by atoms with Gasteiger partial charge in [-0.2, -0.15) is 0 Å². The number of unbranched alkanes of at least 4 members (excludes halogenated alkanes) is 1. The number of hydrogen-bond acceptors (Lipinski definition) is 3. The second-order valence-electron chi connectivity index (χ2n) is 2.87. The van der Waals surface area contributed by atoms with Gasteiger partial charge in [0.25, 0.3) is 0 Å². The maximum Gasteiger partial charge on any atom is 0.513 e. The molecule has 0 bridgehead atoms. The molecule has 0 heterocycles. The van der Waals surface area contributed by atoms with Crippen LogP contribution in [0.3, 0.4) is 0 Å². The van der Waals surface area contributed by atoms with Crippen molar-refractivity contribution >= 4 is 6.16 Å². The van der Waals surface area contributed by atoms with Crippen LogP contribution < -0.4 is 4.74 Å². The molecule has 0 N–H and O–H groups in total. The summed E-state index contributed by atoms with van der Waals surface area (Å²) in [5, 5.41) is 0. The predicted octanol–water partition coefficient (Wildman–Crippen LogP) is 3.00. The van der Waals surface area contributed by atoms with Crippen molar-refractivity contribution < 1.29 is 43.4 Å². The van der Waals surface area contributed by atoms with E-state index in [1.165, 1.54) is 0 Å². The summed E-state index contributed by atoms with van der Waals surface area (Å²) in [6.45, 7) is 2.45. The third-order valence-electron chi connectivity index (χ3n) is 1.66. The summed E-state index contributed by atoms with van der Waals surface area (Å²) in [5.74, 6) is 0.508. The van der Waals surface area contributed by atoms with Crippen LogP contribution in [0.2, 0.25) is 0 Å². The van der Waals surface area contributed by atoms with Gasteiger partial charge in [-0.3, -0.25) is 0 Å². The molecule has 0 atom stereocenters. The van der Waals surface area contributed by atoms with Gasteiger partial charge in [-0.05, 0) is 18.6 Å². The summed E-state index contributed by atoms with van der Waals surface area (Å²) in [4.78, 5) is 11.0. The van der Waals surface area contributed by atoms with E-state index in [1.807, 2.05) is 13.0 Å². The molecule has 0 amide bonds. The van der Waals surface area contributed by atoms with Crippen LogP contribution in [0.15, 0.2) is 30.3 Å². The Morgan fingerprint density at radius 3 is 2.53 bits per heavy atom. The summed E-state index contributed by atoms with van der Waals surface area (Å²) in [6.07, 6.45) is 1.23. The van der Waals surface area contributed by atoms with Crippen molar-refractivity contribution in [2.75, 3.05) is 6.61 Å². The second-order valence-corrected chi connectivity index (χ2v) is 2.87. The minimum absolute atomic E-state index is 0. The molecule has 0 saturated carbocycles. The minimum atomic E-state index is -0.635. The number of rotatable bonds is 4. The van der Waals surface area contributed by atoms with Gasteiger partial charge in [0, 0.05) is 29.2 Å². The van der Waals surface area contributed by atoms with Crippen LogP contribution in [0.4, 0.5) is 4.79 Å². The molecule has 0 aliphatic carbocycles. The van der Waals surface area contributed by atoms with Crippen molar-refractivity contribution in [1.29, 1.82) is 0 Å². The Bertz CT molecular complexity index is 274. The standard InChI is InChI=1S/C11H14O3.Pu/c1-2-3-9-13-11(12)14-10-7-5-4-6-8-10;/h4-8H,2-3,9H2,1H3;. The zero-order valence-corrected chi connectivity index (χ0v) is 12.0. The van der Waals surface area contributed by atoms with E-state index in [2.05, 4.69) is 0 Å². The van der Waals surface area contributed by atoms with Crippen LogP contribution >= 0.6 is 0 Å². The van der Waals surface area contributed by atoms with Gasteiger partial charge in [0.2, 0.25) is 0 Å². The van der Waals surface area contributed by atoms with Gasteiger partial charge in [0.1, 0.15) is 5.75 Å². The van der Waals surface area contributed by atoms with E-state index in [9.17, 15) is 4.79 Å². The molecule has 4 heteroatoms. The fourth-order valence-corrected chi connectivity index (χ4v) is 0.914. The summed E-state index contributed by atoms with van der Waals surface area (Å²) >= 11 is 0. The maximum atomic E-state index is 11.0. The first kappa shape index (κ1) is 14.5. The Balaban J connectivity index is 0.00000196. The van der Waals surface area contributed by atoms with Gasteiger partial charge in [-0.15, -0.1) is 0 Å². The summed E-state index contributed by atoms with van der Waals surface area (Å²) in [5.41, 5.74) is 0. The monoisotopic (exact) mass is 432 g/mol. The Kier molecular flexibility index (Phi) is 8.45. The number of hydrogen-bond donors (Lipinski definition) is 0. The van der Waals surface area contributed by atoms with Crippen LogP contribution in [0.5, 0.6) is 5.75 Å². The zero-order valence-electron chi connectivity index (χ0n) is 8.64. The Morgan fingerprint density at radius 2 is 1.93 bits per heavy atom. The van der Waals surface area contributed by atoms with E-state index in [0.29, 0.717) is 12.4 Å². The zero-order chi connectivity index (χ0) is 10.2. The van der Waals surface area contributed by atoms with Crippen molar-refractivity contribution in [3.8, 4) is 5.75 Å². The molecule has 0 radical (unpaired) electrons. The third kappa shape index (κ3) is 6.54. The number of benzene rings is 1. The topological polar surface area (TPSA) is 35.5 Å². The molecular formula is C11H14O3Pu. The average molecular weight is 438 g/mol. The second kappa shape index (κ2) is 8.76. The van der Waals surface area contributed by atoms with Crippen LogP contribution in [0, 0.1) is 29.2 Å². The van der Waals surface area contributed by atoms with Gasteiger partial charge in [0.15, 0.2) is 0 Å². The first-order chi connectivity index (χ1) is 6.83. The smallest absolute Gasteiger partial charge is 0.434 e. The van der Waals surface area contributed by atoms with Crippen LogP contribution in [0.25, 0.3) is 0 Å². The van der Waals surface area contributed by atoms with E-state index >= 15 is 0 Å². The van der Waals surface area contributed by atoms with Crippen LogP contribution in [0.1, 0.15) is 19.8 Å². The molecule has 0 spiro atoms. The molecule has 0 saturated heterocycles. The largest absolute Gasteiger partial charge is 0.513 e. The van der Waals surface area contributed by atoms with Crippen molar-refractivity contribution in [2.45, 2.75) is 19.8 Å². The van der Waals surface area contributed by atoms with Crippen molar-refractivity contribution in [3.63, 3.8) is 0 Å². The molecule has 0 aliphatic rings. The molecule has 15 heavy (non-hydrogen) atoms. The summed E-state index contributed by atoms with van der Waals surface area (Å²) in [7, 11) is 0. The molecule has 0 aliphatic heterocycles. The first-order valence-electron chi connectivity index (χ1n) is 4.72. The molecular weight excluding hydrogens is 424 g/mol. The number of para-hydroxylation sites is 1. The molecule has 0 aromatic heterocycles. The first-order valence-corrected chi connectivity index (χ1v) is 4.72. The minimum Gasteiger partial charge on any atom is -0.434 e. The normalized spacial score (nSPS) is 8.87. The fourth-order valence-electron chi connectivity index (χ4n) is 0.914. The molecule has 0 unspecified atom stereocenters. The third-order valence-corrected chi connectivity index (χ3v) is 1.66. The SMILES string of the molecule is CCCCOC(=O)Oc1ccccc1.[Pu]. The number of carbonyl (C=O) groups excluding carboxylic acids is 1. The maximum absolute atomic E-state index is 11.0. The van der Waals surface area contributed by atoms with Crippen LogP contribution in [-0.2, 0) is 4.74 Å². The van der Waals surface area contributed by atoms with E-state index in [0.717, 1.165) is 12.8 Å². The van der Waals surface area contributed by atoms with Gasteiger partial charge >= 0.3 is 6.16 Å². The van der Waals surface area contributed by atoms with Crippen molar-refractivity contribution in [3.05, 3.63) is 30.3 Å². The van der Waals surface area contributed by atoms with Gasteiger partial charge < -0.3 is 9.47 Å². The number of carbonyl (C=O) groups is 1. The van der Waals surface area contributed by atoms with Crippen molar-refractivity contribution in [2.24, 2.45) is 0 Å². The quantitative estimate of drug-likeness (QED) is 0.412. The molecule has 1 rings (SSSR count). The predicted molar refractivity (Wildman–Crippen MR) is 53.3 cm³/mol. The Hall–Kier alpha value is -0.523. The van der Waals surface area contributed by atoms with Crippen molar-refractivity contribution in [1.82, 2.24) is 0 Å². The van der Waals surface area contributed by atoms with Gasteiger partial charge in [0.05, 0.1) is 6.61 Å². The van der Waals surface area contributed by atoms with E-state index < -0.39 is 6.16 Å². The van der Waals surface area contributed by atoms with Crippen LogP contribution in [-0.4, -0.2) is 12.8 Å². The molecule has 82 valence electrons. The Morgan fingerprint density at radius 1 is 1.27 bits per heavy atom. The molecule has 0 fully saturated rings. The average Bonchev–Trinajstić information content (AvgIpc) is 2.20. The van der Waals surface area contributed by atoms with Gasteiger partial charge in [-0.25, -0.2) is 4.79 Å². The molecule has 3 nitrogen and oxygen atoms in total. The summed E-state index contributed by atoms with van der Waals surface area (Å²) in [6, 6.07) is 8.88. The van der Waals surface area contributed by atoms with E-state index in [-0.39, 0.29) is 29.2 Å². The van der Waals surface area contributed by atoms with E-state index in [1.54, 1.807) is 24.3 Å².